The summed E-state index contributed by atoms with van der Waals surface area (Å²) in [5, 5.41) is 0. The number of hydrogen-bond acceptors (Lipinski definition) is 3. The van der Waals surface area contributed by atoms with Gasteiger partial charge < -0.3 is 14.5 Å². The third-order valence-electron chi connectivity index (χ3n) is 2.76. The van der Waals surface area contributed by atoms with Crippen molar-refractivity contribution < 1.29 is 14.3 Å². The number of carbonyl (C=O) groups is 2. The topological polar surface area (TPSA) is 49.9 Å². The monoisotopic (exact) mass is 234 g/mol. The van der Waals surface area contributed by atoms with E-state index in [0.717, 1.165) is 0 Å². The molecule has 0 bridgehead atoms. The SMILES string of the molecule is COc1cccc(N2CC(=O)N(C)CC2=O)c1. The Morgan fingerprint density at radius 1 is 1.18 bits per heavy atom. The van der Waals surface area contributed by atoms with Crippen molar-refractivity contribution in [1.29, 1.82) is 0 Å². The van der Waals surface area contributed by atoms with E-state index < -0.39 is 0 Å². The van der Waals surface area contributed by atoms with Gasteiger partial charge in [-0.05, 0) is 12.1 Å². The minimum atomic E-state index is -0.0830. The molecule has 90 valence electrons. The van der Waals surface area contributed by atoms with E-state index in [1.807, 2.05) is 0 Å². The van der Waals surface area contributed by atoms with Crippen LogP contribution in [0.3, 0.4) is 0 Å². The second-order valence-corrected chi connectivity index (χ2v) is 3.93. The Labute approximate surface area is 99.6 Å². The van der Waals surface area contributed by atoms with Crippen LogP contribution in [-0.4, -0.2) is 44.0 Å². The Bertz CT molecular complexity index is 459. The molecule has 0 atom stereocenters. The Morgan fingerprint density at radius 3 is 2.65 bits per heavy atom. The maximum Gasteiger partial charge on any atom is 0.247 e. The number of carbonyl (C=O) groups excluding carboxylic acids is 2. The van der Waals surface area contributed by atoms with Gasteiger partial charge in [0.05, 0.1) is 13.7 Å². The summed E-state index contributed by atoms with van der Waals surface area (Å²) in [6, 6.07) is 7.13. The van der Waals surface area contributed by atoms with Gasteiger partial charge in [-0.15, -0.1) is 0 Å². The fraction of sp³-hybridized carbons (Fsp3) is 0.333. The van der Waals surface area contributed by atoms with E-state index in [9.17, 15) is 9.59 Å². The summed E-state index contributed by atoms with van der Waals surface area (Å²) in [7, 11) is 3.19. The number of hydrogen-bond donors (Lipinski definition) is 0. The highest BCUT2D eigenvalue weighted by Crippen LogP contribution is 2.22. The number of likely N-dealkylation sites (N-methyl/N-ethyl adjacent to an activating group) is 1. The molecule has 1 aromatic carbocycles. The highest BCUT2D eigenvalue weighted by Gasteiger charge is 2.28. The second kappa shape index (κ2) is 4.45. The molecule has 5 nitrogen and oxygen atoms in total. The van der Waals surface area contributed by atoms with Gasteiger partial charge in [0, 0.05) is 18.8 Å². The van der Waals surface area contributed by atoms with Crippen LogP contribution in [0.1, 0.15) is 0 Å². The summed E-state index contributed by atoms with van der Waals surface area (Å²) >= 11 is 0. The quantitative estimate of drug-likeness (QED) is 0.748. The highest BCUT2D eigenvalue weighted by molar-refractivity contribution is 6.04. The van der Waals surface area contributed by atoms with E-state index in [1.54, 1.807) is 38.4 Å². The van der Waals surface area contributed by atoms with Crippen molar-refractivity contribution in [2.24, 2.45) is 0 Å². The lowest BCUT2D eigenvalue weighted by molar-refractivity contribution is -0.136. The van der Waals surface area contributed by atoms with Crippen LogP contribution in [0.5, 0.6) is 5.75 Å². The predicted molar refractivity (Wildman–Crippen MR) is 63.0 cm³/mol. The molecule has 0 spiro atoms. The number of piperazine rings is 1. The third-order valence-corrected chi connectivity index (χ3v) is 2.76. The first-order valence-corrected chi connectivity index (χ1v) is 5.30. The number of rotatable bonds is 2. The van der Waals surface area contributed by atoms with Crippen LogP contribution in [-0.2, 0) is 9.59 Å². The molecule has 0 aliphatic carbocycles. The average molecular weight is 234 g/mol. The smallest absolute Gasteiger partial charge is 0.247 e. The Hall–Kier alpha value is -2.04. The van der Waals surface area contributed by atoms with E-state index in [0.29, 0.717) is 11.4 Å². The molecule has 0 unspecified atom stereocenters. The zero-order valence-corrected chi connectivity index (χ0v) is 9.84. The largest absolute Gasteiger partial charge is 0.497 e. The van der Waals surface area contributed by atoms with Crippen LogP contribution in [0.25, 0.3) is 0 Å². The van der Waals surface area contributed by atoms with Crippen LogP contribution in [0.15, 0.2) is 24.3 Å². The molecule has 5 heteroatoms. The lowest BCUT2D eigenvalue weighted by Crippen LogP contribution is -2.52. The van der Waals surface area contributed by atoms with Crippen LogP contribution in [0.4, 0.5) is 5.69 Å². The summed E-state index contributed by atoms with van der Waals surface area (Å²) in [5.41, 5.74) is 0.691. The molecule has 1 fully saturated rings. The number of amides is 2. The molecule has 0 N–H and O–H groups in total. The lowest BCUT2D eigenvalue weighted by Gasteiger charge is -2.31. The van der Waals surface area contributed by atoms with Crippen molar-refractivity contribution in [3.8, 4) is 5.75 Å². The van der Waals surface area contributed by atoms with E-state index in [2.05, 4.69) is 0 Å². The summed E-state index contributed by atoms with van der Waals surface area (Å²) < 4.78 is 5.10. The average Bonchev–Trinajstić information content (AvgIpc) is 2.34. The van der Waals surface area contributed by atoms with Crippen LogP contribution in [0.2, 0.25) is 0 Å². The standard InChI is InChI=1S/C12H14N2O3/c1-13-7-12(16)14(8-11(13)15)9-4-3-5-10(6-9)17-2/h3-6H,7-8H2,1-2H3. The van der Waals surface area contributed by atoms with Gasteiger partial charge in [-0.1, -0.05) is 6.07 Å². The van der Waals surface area contributed by atoms with Crippen LogP contribution >= 0.6 is 0 Å². The Balaban J connectivity index is 2.26. The fourth-order valence-corrected chi connectivity index (χ4v) is 1.73. The molecule has 2 amide bonds. The summed E-state index contributed by atoms with van der Waals surface area (Å²) in [6.45, 7) is 0.207. The minimum absolute atomic E-state index is 0.0626. The number of methoxy groups -OCH3 is 1. The van der Waals surface area contributed by atoms with Crippen molar-refractivity contribution in [3.63, 3.8) is 0 Å². The molecule has 1 saturated heterocycles. The first-order chi connectivity index (χ1) is 8.11. The van der Waals surface area contributed by atoms with Gasteiger partial charge in [0.2, 0.25) is 11.8 Å². The fourth-order valence-electron chi connectivity index (χ4n) is 1.73. The number of ether oxygens (including phenoxy) is 1. The molecule has 1 aromatic rings. The van der Waals surface area contributed by atoms with Crippen molar-refractivity contribution in [1.82, 2.24) is 4.90 Å². The number of benzene rings is 1. The molecular weight excluding hydrogens is 220 g/mol. The zero-order valence-electron chi connectivity index (χ0n) is 9.84. The molecule has 0 saturated carbocycles. The molecule has 0 aromatic heterocycles. The zero-order chi connectivity index (χ0) is 12.4. The molecule has 17 heavy (non-hydrogen) atoms. The molecular formula is C12H14N2O3. The first-order valence-electron chi connectivity index (χ1n) is 5.30. The molecule has 1 heterocycles. The predicted octanol–water partition coefficient (Wildman–Crippen LogP) is 0.500. The number of nitrogens with zero attached hydrogens (tertiary/aromatic N) is 2. The molecule has 1 aliphatic heterocycles. The number of anilines is 1. The Kier molecular flexibility index (Phi) is 2.99. The van der Waals surface area contributed by atoms with E-state index in [1.165, 1.54) is 9.80 Å². The van der Waals surface area contributed by atoms with Crippen molar-refractivity contribution in [2.45, 2.75) is 0 Å². The summed E-state index contributed by atoms with van der Waals surface area (Å²) in [5.74, 6) is 0.523. The highest BCUT2D eigenvalue weighted by atomic mass is 16.5. The summed E-state index contributed by atoms with van der Waals surface area (Å²) in [4.78, 5) is 26.3. The van der Waals surface area contributed by atoms with Crippen molar-refractivity contribution in [3.05, 3.63) is 24.3 Å². The van der Waals surface area contributed by atoms with Gasteiger partial charge in [0.25, 0.3) is 0 Å². The van der Waals surface area contributed by atoms with Crippen molar-refractivity contribution in [2.75, 3.05) is 32.1 Å². The molecule has 0 radical (unpaired) electrons. The third kappa shape index (κ3) is 2.22. The lowest BCUT2D eigenvalue weighted by atomic mass is 10.2. The molecule has 1 aliphatic rings. The normalized spacial score (nSPS) is 16.4. The van der Waals surface area contributed by atoms with Gasteiger partial charge in [0.1, 0.15) is 12.3 Å². The van der Waals surface area contributed by atoms with E-state index >= 15 is 0 Å². The van der Waals surface area contributed by atoms with E-state index in [-0.39, 0.29) is 24.9 Å². The first kappa shape index (κ1) is 11.4. The van der Waals surface area contributed by atoms with Gasteiger partial charge >= 0.3 is 0 Å². The van der Waals surface area contributed by atoms with Gasteiger partial charge in [-0.25, -0.2) is 0 Å². The Morgan fingerprint density at radius 2 is 1.94 bits per heavy atom. The maximum absolute atomic E-state index is 11.8. The van der Waals surface area contributed by atoms with Gasteiger partial charge in [0.15, 0.2) is 0 Å². The minimum Gasteiger partial charge on any atom is -0.497 e. The van der Waals surface area contributed by atoms with Crippen LogP contribution < -0.4 is 9.64 Å². The second-order valence-electron chi connectivity index (χ2n) is 3.93. The van der Waals surface area contributed by atoms with Gasteiger partial charge in [-0.2, -0.15) is 0 Å². The maximum atomic E-state index is 11.8. The molecule has 2 rings (SSSR count). The van der Waals surface area contributed by atoms with Gasteiger partial charge in [-0.3, -0.25) is 9.59 Å². The van der Waals surface area contributed by atoms with E-state index in [4.69, 9.17) is 4.74 Å². The summed E-state index contributed by atoms with van der Waals surface area (Å²) in [6.07, 6.45) is 0. The van der Waals surface area contributed by atoms with Crippen LogP contribution in [0, 0.1) is 0 Å². The van der Waals surface area contributed by atoms with Crippen molar-refractivity contribution >= 4 is 17.5 Å².